The molecule has 0 atom stereocenters. The molecule has 0 unspecified atom stereocenters. The molecule has 0 spiro atoms. The van der Waals surface area contributed by atoms with Crippen molar-refractivity contribution in [1.82, 2.24) is 4.72 Å². The monoisotopic (exact) mass is 376 g/mol. The molecule has 1 N–H and O–H groups in total. The van der Waals surface area contributed by atoms with Gasteiger partial charge in [-0.1, -0.05) is 0 Å². The molecule has 1 saturated heterocycles. The molecule has 0 radical (unpaired) electrons. The number of anilines is 1. The summed E-state index contributed by atoms with van der Waals surface area (Å²) in [6, 6.07) is 4.64. The van der Waals surface area contributed by atoms with Crippen molar-refractivity contribution in [3.05, 3.63) is 23.8 Å². The molecule has 0 saturated carbocycles. The van der Waals surface area contributed by atoms with Crippen LogP contribution in [0.15, 0.2) is 23.1 Å². The summed E-state index contributed by atoms with van der Waals surface area (Å²) in [6.45, 7) is 2.87. The van der Waals surface area contributed by atoms with E-state index >= 15 is 0 Å². The number of rotatable bonds is 7. The Labute approximate surface area is 144 Å². The number of aryl methyl sites for hydroxylation is 1. The summed E-state index contributed by atoms with van der Waals surface area (Å²) in [5.74, 6) is 0.132. The molecule has 1 aliphatic rings. The van der Waals surface area contributed by atoms with Crippen LogP contribution in [0.4, 0.5) is 5.69 Å². The van der Waals surface area contributed by atoms with E-state index in [0.717, 1.165) is 6.42 Å². The average Bonchev–Trinajstić information content (AvgIpc) is 2.51. The Kier molecular flexibility index (Phi) is 6.24. The molecular weight excluding hydrogens is 352 g/mol. The van der Waals surface area contributed by atoms with Gasteiger partial charge in [-0.25, -0.2) is 21.6 Å². The molecule has 1 aromatic carbocycles. The Morgan fingerprint density at radius 3 is 2.67 bits per heavy atom. The standard InChI is InChI=1S/C15H24N2O5S2/c1-13-12-14(17-9-3-4-11-23(17,18)19)6-7-15(13)24(20,21)16-8-5-10-22-2/h6-7,12,16H,3-5,8-11H2,1-2H3. The maximum atomic E-state index is 12.3. The molecule has 1 heterocycles. The fraction of sp³-hybridized carbons (Fsp3) is 0.600. The molecule has 1 fully saturated rings. The maximum absolute atomic E-state index is 12.3. The van der Waals surface area contributed by atoms with Crippen molar-refractivity contribution in [2.45, 2.75) is 31.1 Å². The summed E-state index contributed by atoms with van der Waals surface area (Å²) in [5, 5.41) is 0. The highest BCUT2D eigenvalue weighted by molar-refractivity contribution is 7.92. The van der Waals surface area contributed by atoms with Crippen LogP contribution in [0.2, 0.25) is 0 Å². The van der Waals surface area contributed by atoms with Gasteiger partial charge in [-0.15, -0.1) is 0 Å². The first kappa shape index (κ1) is 19.2. The minimum absolute atomic E-state index is 0.132. The number of hydrogen-bond acceptors (Lipinski definition) is 5. The van der Waals surface area contributed by atoms with Gasteiger partial charge in [0.05, 0.1) is 16.3 Å². The highest BCUT2D eigenvalue weighted by atomic mass is 32.2. The molecule has 2 rings (SSSR count). The van der Waals surface area contributed by atoms with Gasteiger partial charge >= 0.3 is 0 Å². The van der Waals surface area contributed by atoms with E-state index in [-0.39, 0.29) is 17.2 Å². The third-order valence-electron chi connectivity index (χ3n) is 3.90. The van der Waals surface area contributed by atoms with Gasteiger partial charge in [0.1, 0.15) is 0 Å². The predicted octanol–water partition coefficient (Wildman–Crippen LogP) is 1.24. The number of sulfonamides is 2. The van der Waals surface area contributed by atoms with E-state index in [0.29, 0.717) is 37.2 Å². The zero-order chi connectivity index (χ0) is 17.8. The molecule has 0 bridgehead atoms. The lowest BCUT2D eigenvalue weighted by molar-refractivity contribution is 0.196. The second-order valence-electron chi connectivity index (χ2n) is 5.79. The van der Waals surface area contributed by atoms with E-state index in [1.54, 1.807) is 26.2 Å². The largest absolute Gasteiger partial charge is 0.385 e. The van der Waals surface area contributed by atoms with E-state index < -0.39 is 20.0 Å². The first-order valence-corrected chi connectivity index (χ1v) is 11.0. The Balaban J connectivity index is 2.20. The zero-order valence-electron chi connectivity index (χ0n) is 14.0. The topological polar surface area (TPSA) is 92.8 Å². The Morgan fingerprint density at radius 1 is 1.29 bits per heavy atom. The second-order valence-corrected chi connectivity index (χ2v) is 9.54. The van der Waals surface area contributed by atoms with Gasteiger partial charge in [0.15, 0.2) is 0 Å². The maximum Gasteiger partial charge on any atom is 0.240 e. The minimum Gasteiger partial charge on any atom is -0.385 e. The van der Waals surface area contributed by atoms with Crippen LogP contribution in [0.3, 0.4) is 0 Å². The van der Waals surface area contributed by atoms with Crippen LogP contribution in [-0.2, 0) is 24.8 Å². The SMILES string of the molecule is COCCCNS(=O)(=O)c1ccc(N2CCCCS2(=O)=O)cc1C. The predicted molar refractivity (Wildman–Crippen MR) is 93.2 cm³/mol. The molecule has 0 amide bonds. The fourth-order valence-electron chi connectivity index (χ4n) is 2.67. The summed E-state index contributed by atoms with van der Waals surface area (Å²) in [5.41, 5.74) is 1.04. The fourth-order valence-corrected chi connectivity index (χ4v) is 5.60. The first-order chi connectivity index (χ1) is 11.3. The van der Waals surface area contributed by atoms with Gasteiger partial charge in [-0.3, -0.25) is 4.31 Å². The average molecular weight is 377 g/mol. The molecule has 0 aromatic heterocycles. The van der Waals surface area contributed by atoms with Crippen LogP contribution >= 0.6 is 0 Å². The molecule has 1 aromatic rings. The van der Waals surface area contributed by atoms with Crippen molar-refractivity contribution in [3.8, 4) is 0 Å². The smallest absolute Gasteiger partial charge is 0.240 e. The van der Waals surface area contributed by atoms with Crippen LogP contribution in [0.1, 0.15) is 24.8 Å². The van der Waals surface area contributed by atoms with Gasteiger partial charge in [0.25, 0.3) is 0 Å². The lowest BCUT2D eigenvalue weighted by Crippen LogP contribution is -2.38. The van der Waals surface area contributed by atoms with E-state index in [4.69, 9.17) is 4.74 Å². The van der Waals surface area contributed by atoms with Gasteiger partial charge in [-0.05, 0) is 49.9 Å². The summed E-state index contributed by atoms with van der Waals surface area (Å²) >= 11 is 0. The molecule has 0 aliphatic carbocycles. The molecule has 1 aliphatic heterocycles. The zero-order valence-corrected chi connectivity index (χ0v) is 15.6. The molecule has 24 heavy (non-hydrogen) atoms. The molecular formula is C15H24N2O5S2. The van der Waals surface area contributed by atoms with Gasteiger partial charge in [-0.2, -0.15) is 0 Å². The molecule has 136 valence electrons. The van der Waals surface area contributed by atoms with Crippen LogP contribution in [-0.4, -0.2) is 49.4 Å². The summed E-state index contributed by atoms with van der Waals surface area (Å²) in [7, 11) is -5.37. The summed E-state index contributed by atoms with van der Waals surface area (Å²) < 4.78 is 57.8. The quantitative estimate of drug-likeness (QED) is 0.723. The van der Waals surface area contributed by atoms with E-state index in [1.807, 2.05) is 0 Å². The lowest BCUT2D eigenvalue weighted by atomic mass is 10.2. The van der Waals surface area contributed by atoms with Crippen molar-refractivity contribution < 1.29 is 21.6 Å². The van der Waals surface area contributed by atoms with Gasteiger partial charge in [0.2, 0.25) is 20.0 Å². The van der Waals surface area contributed by atoms with Crippen LogP contribution in [0.5, 0.6) is 0 Å². The van der Waals surface area contributed by atoms with Crippen LogP contribution < -0.4 is 9.03 Å². The van der Waals surface area contributed by atoms with Crippen molar-refractivity contribution in [2.75, 3.05) is 36.9 Å². The summed E-state index contributed by atoms with van der Waals surface area (Å²) in [4.78, 5) is 0.165. The Morgan fingerprint density at radius 2 is 2.04 bits per heavy atom. The van der Waals surface area contributed by atoms with Crippen LogP contribution in [0.25, 0.3) is 0 Å². The number of ether oxygens (including phenoxy) is 1. The number of nitrogens with one attached hydrogen (secondary N) is 1. The molecule has 9 heteroatoms. The van der Waals surface area contributed by atoms with E-state index in [1.165, 1.54) is 10.4 Å². The van der Waals surface area contributed by atoms with Crippen molar-refractivity contribution in [3.63, 3.8) is 0 Å². The highest BCUT2D eigenvalue weighted by Crippen LogP contribution is 2.27. The van der Waals surface area contributed by atoms with Crippen molar-refractivity contribution >= 4 is 25.7 Å². The lowest BCUT2D eigenvalue weighted by Gasteiger charge is -2.28. The minimum atomic E-state index is -3.62. The summed E-state index contributed by atoms with van der Waals surface area (Å²) in [6.07, 6.45) is 2.05. The van der Waals surface area contributed by atoms with Crippen molar-refractivity contribution in [1.29, 1.82) is 0 Å². The third kappa shape index (κ3) is 4.47. The third-order valence-corrected chi connectivity index (χ3v) is 7.39. The highest BCUT2D eigenvalue weighted by Gasteiger charge is 2.27. The second kappa shape index (κ2) is 7.81. The number of benzene rings is 1. The van der Waals surface area contributed by atoms with Gasteiger partial charge in [0, 0.05) is 26.8 Å². The number of methoxy groups -OCH3 is 1. The van der Waals surface area contributed by atoms with Crippen molar-refractivity contribution in [2.24, 2.45) is 0 Å². The Bertz CT molecular complexity index is 775. The number of nitrogens with zero attached hydrogens (tertiary/aromatic N) is 1. The normalized spacial score (nSPS) is 17.8. The number of hydrogen-bond donors (Lipinski definition) is 1. The van der Waals surface area contributed by atoms with E-state index in [9.17, 15) is 16.8 Å². The van der Waals surface area contributed by atoms with E-state index in [2.05, 4.69) is 4.72 Å². The molecule has 7 nitrogen and oxygen atoms in total. The first-order valence-electron chi connectivity index (χ1n) is 7.87. The van der Waals surface area contributed by atoms with Gasteiger partial charge < -0.3 is 4.74 Å². The van der Waals surface area contributed by atoms with Crippen LogP contribution in [0, 0.1) is 6.92 Å². The Hall–Kier alpha value is -1.16.